The molecule has 0 saturated carbocycles. The quantitative estimate of drug-likeness (QED) is 0.648. The van der Waals surface area contributed by atoms with Gasteiger partial charge in [-0.05, 0) is 35.9 Å². The Hall–Kier alpha value is -3.47. The molecule has 0 unspecified atom stereocenters. The number of morpholine rings is 1. The largest absolute Gasteiger partial charge is 0.416 e. The molecule has 2 aromatic carbocycles. The molecule has 0 bridgehead atoms. The van der Waals surface area contributed by atoms with Crippen LogP contribution < -0.4 is 10.2 Å². The van der Waals surface area contributed by atoms with Crippen LogP contribution in [0.4, 0.5) is 24.5 Å². The average Bonchev–Trinajstić information content (AvgIpc) is 3.22. The van der Waals surface area contributed by atoms with Gasteiger partial charge in [-0.25, -0.2) is 0 Å². The first-order valence-corrected chi connectivity index (χ1v) is 9.99. The lowest BCUT2D eigenvalue weighted by atomic mass is 10.1. The number of aryl methyl sites for hydroxylation is 1. The number of alkyl halides is 3. The topological polar surface area (TPSA) is 85.2 Å². The van der Waals surface area contributed by atoms with Crippen molar-refractivity contribution in [3.8, 4) is 11.4 Å². The van der Waals surface area contributed by atoms with E-state index in [1.165, 1.54) is 6.07 Å². The fraction of sp³-hybridized carbons (Fsp3) is 0.333. The fourth-order valence-corrected chi connectivity index (χ4v) is 3.45. The molecule has 11 heteroatoms. The highest BCUT2D eigenvalue weighted by molar-refractivity contribution is 5.94. The summed E-state index contributed by atoms with van der Waals surface area (Å²) >= 11 is 0. The molecule has 0 aliphatic carbocycles. The van der Waals surface area contributed by atoms with Gasteiger partial charge in [0.15, 0.2) is 0 Å². The Morgan fingerprint density at radius 2 is 1.91 bits per heavy atom. The number of rotatable bonds is 5. The summed E-state index contributed by atoms with van der Waals surface area (Å²) in [6.45, 7) is 3.55. The van der Waals surface area contributed by atoms with Crippen LogP contribution in [0.2, 0.25) is 0 Å². The number of carbonyl (C=O) groups excluding carboxylic acids is 1. The molecule has 8 nitrogen and oxygen atoms in total. The minimum Gasteiger partial charge on any atom is -0.378 e. The third-order valence-corrected chi connectivity index (χ3v) is 5.07. The molecule has 3 aromatic rings. The van der Waals surface area contributed by atoms with Crippen LogP contribution in [0.1, 0.15) is 11.1 Å². The van der Waals surface area contributed by atoms with E-state index in [1.54, 1.807) is 0 Å². The van der Waals surface area contributed by atoms with Crippen molar-refractivity contribution in [2.24, 2.45) is 0 Å². The lowest BCUT2D eigenvalue weighted by molar-refractivity contribution is -0.137. The lowest BCUT2D eigenvalue weighted by Crippen LogP contribution is -2.37. The van der Waals surface area contributed by atoms with E-state index in [2.05, 4.69) is 20.7 Å². The van der Waals surface area contributed by atoms with Crippen molar-refractivity contribution in [2.75, 3.05) is 36.5 Å². The zero-order valence-electron chi connectivity index (χ0n) is 17.3. The Labute approximate surface area is 182 Å². The van der Waals surface area contributed by atoms with Gasteiger partial charge in [-0.1, -0.05) is 24.3 Å². The molecule has 1 amide bonds. The van der Waals surface area contributed by atoms with Gasteiger partial charge in [-0.2, -0.15) is 18.0 Å². The third kappa shape index (κ3) is 4.88. The molecular formula is C21H21F3N6O2. The number of benzene rings is 2. The molecule has 1 aromatic heterocycles. The smallest absolute Gasteiger partial charge is 0.378 e. The van der Waals surface area contributed by atoms with Crippen LogP contribution in [0, 0.1) is 6.92 Å². The molecule has 0 radical (unpaired) electrons. The molecule has 1 N–H and O–H groups in total. The van der Waals surface area contributed by atoms with Crippen molar-refractivity contribution >= 4 is 17.3 Å². The summed E-state index contributed by atoms with van der Waals surface area (Å²) in [5.74, 6) is -0.198. The molecule has 32 heavy (non-hydrogen) atoms. The molecule has 1 saturated heterocycles. The van der Waals surface area contributed by atoms with E-state index in [9.17, 15) is 18.0 Å². The zero-order chi connectivity index (χ0) is 22.7. The summed E-state index contributed by atoms with van der Waals surface area (Å²) in [6, 6.07) is 10.8. The van der Waals surface area contributed by atoms with Crippen molar-refractivity contribution in [3.05, 3.63) is 53.6 Å². The van der Waals surface area contributed by atoms with Gasteiger partial charge in [0.1, 0.15) is 6.54 Å². The summed E-state index contributed by atoms with van der Waals surface area (Å²) < 4.78 is 45.0. The molecule has 4 rings (SSSR count). The molecule has 0 spiro atoms. The summed E-state index contributed by atoms with van der Waals surface area (Å²) in [5, 5.41) is 14.7. The first-order valence-electron chi connectivity index (χ1n) is 9.99. The molecule has 1 aliphatic rings. The van der Waals surface area contributed by atoms with E-state index in [4.69, 9.17) is 4.74 Å². The van der Waals surface area contributed by atoms with E-state index in [0.717, 1.165) is 28.1 Å². The minimum atomic E-state index is -4.53. The summed E-state index contributed by atoms with van der Waals surface area (Å²) in [7, 11) is 0. The van der Waals surface area contributed by atoms with E-state index in [0.29, 0.717) is 37.8 Å². The number of ether oxygens (including phenoxy) is 1. The second-order valence-electron chi connectivity index (χ2n) is 7.34. The number of nitrogens with one attached hydrogen (secondary N) is 1. The average molecular weight is 446 g/mol. The maximum atomic E-state index is 13.2. The van der Waals surface area contributed by atoms with Gasteiger partial charge in [0.05, 0.1) is 30.2 Å². The Kier molecular flexibility index (Phi) is 6.08. The Morgan fingerprint density at radius 3 is 2.62 bits per heavy atom. The van der Waals surface area contributed by atoms with Gasteiger partial charge >= 0.3 is 6.18 Å². The van der Waals surface area contributed by atoms with Crippen molar-refractivity contribution < 1.29 is 22.7 Å². The number of amides is 1. The highest BCUT2D eigenvalue weighted by atomic mass is 19.4. The molecule has 2 heterocycles. The van der Waals surface area contributed by atoms with Gasteiger partial charge in [-0.15, -0.1) is 10.2 Å². The Bertz CT molecular complexity index is 1110. The number of nitrogens with zero attached hydrogens (tertiary/aromatic N) is 5. The summed E-state index contributed by atoms with van der Waals surface area (Å²) in [5.41, 5.74) is 1.47. The summed E-state index contributed by atoms with van der Waals surface area (Å²) in [6.07, 6.45) is -4.53. The number of hydrogen-bond donors (Lipinski definition) is 1. The predicted molar refractivity (Wildman–Crippen MR) is 111 cm³/mol. The SMILES string of the molecule is Cc1ccccc1-c1nnn(CC(=O)Nc2cc(C(F)(F)F)ccc2N2CCOCC2)n1. The lowest BCUT2D eigenvalue weighted by Gasteiger charge is -2.31. The Balaban J connectivity index is 1.54. The summed E-state index contributed by atoms with van der Waals surface area (Å²) in [4.78, 5) is 15.6. The van der Waals surface area contributed by atoms with Crippen molar-refractivity contribution in [1.82, 2.24) is 20.2 Å². The maximum Gasteiger partial charge on any atom is 0.416 e. The maximum absolute atomic E-state index is 13.2. The first-order chi connectivity index (χ1) is 15.3. The normalized spacial score (nSPS) is 14.4. The fourth-order valence-electron chi connectivity index (χ4n) is 3.45. The molecule has 168 valence electrons. The second kappa shape index (κ2) is 8.95. The molecular weight excluding hydrogens is 425 g/mol. The number of halogens is 3. The van der Waals surface area contributed by atoms with Gasteiger partial charge in [0, 0.05) is 18.7 Å². The number of hydrogen-bond acceptors (Lipinski definition) is 6. The van der Waals surface area contributed by atoms with Gasteiger partial charge < -0.3 is 15.0 Å². The molecule has 0 atom stereocenters. The minimum absolute atomic E-state index is 0.0750. The molecule has 1 aliphatic heterocycles. The van der Waals surface area contributed by atoms with Crippen LogP contribution in [0.25, 0.3) is 11.4 Å². The Morgan fingerprint density at radius 1 is 1.16 bits per heavy atom. The number of anilines is 2. The van der Waals surface area contributed by atoms with E-state index in [1.807, 2.05) is 36.1 Å². The third-order valence-electron chi connectivity index (χ3n) is 5.07. The van der Waals surface area contributed by atoms with Crippen LogP contribution in [0.3, 0.4) is 0 Å². The van der Waals surface area contributed by atoms with Gasteiger partial charge in [-0.3, -0.25) is 4.79 Å². The van der Waals surface area contributed by atoms with E-state index >= 15 is 0 Å². The standard InChI is InChI=1S/C21H21F3N6O2/c1-14-4-2-3-5-16(14)20-26-28-30(27-20)13-19(31)25-17-12-15(21(22,23)24)6-7-18(17)29-8-10-32-11-9-29/h2-7,12H,8-11,13H2,1H3,(H,25,31). The number of carbonyl (C=O) groups is 1. The van der Waals surface area contributed by atoms with Crippen molar-refractivity contribution in [3.63, 3.8) is 0 Å². The van der Waals surface area contributed by atoms with Crippen LogP contribution in [-0.4, -0.2) is 52.4 Å². The van der Waals surface area contributed by atoms with E-state index < -0.39 is 17.6 Å². The van der Waals surface area contributed by atoms with Crippen molar-refractivity contribution in [1.29, 1.82) is 0 Å². The van der Waals surface area contributed by atoms with Crippen LogP contribution in [-0.2, 0) is 22.3 Å². The van der Waals surface area contributed by atoms with Crippen LogP contribution >= 0.6 is 0 Å². The monoisotopic (exact) mass is 446 g/mol. The second-order valence-corrected chi connectivity index (χ2v) is 7.34. The van der Waals surface area contributed by atoms with E-state index in [-0.39, 0.29) is 12.2 Å². The van der Waals surface area contributed by atoms with Crippen molar-refractivity contribution in [2.45, 2.75) is 19.6 Å². The number of aromatic nitrogens is 4. The first kappa shape index (κ1) is 21.8. The van der Waals surface area contributed by atoms with Gasteiger partial charge in [0.25, 0.3) is 0 Å². The number of tetrazole rings is 1. The molecule has 1 fully saturated rings. The highest BCUT2D eigenvalue weighted by Gasteiger charge is 2.32. The predicted octanol–water partition coefficient (Wildman–Crippen LogP) is 3.14. The highest BCUT2D eigenvalue weighted by Crippen LogP contribution is 2.35. The zero-order valence-corrected chi connectivity index (χ0v) is 17.3. The van der Waals surface area contributed by atoms with Crippen LogP contribution in [0.5, 0.6) is 0 Å². The van der Waals surface area contributed by atoms with Gasteiger partial charge in [0.2, 0.25) is 11.7 Å². The van der Waals surface area contributed by atoms with Crippen LogP contribution in [0.15, 0.2) is 42.5 Å².